The molecule has 3 aromatic rings. The highest BCUT2D eigenvalue weighted by Crippen LogP contribution is 2.34. The molecule has 2 aromatic carbocycles. The van der Waals surface area contributed by atoms with Gasteiger partial charge >= 0.3 is 5.97 Å². The molecule has 1 aliphatic heterocycles. The van der Waals surface area contributed by atoms with Crippen molar-refractivity contribution in [3.63, 3.8) is 0 Å². The molecule has 0 unspecified atom stereocenters. The quantitative estimate of drug-likeness (QED) is 0.222. The number of nitro groups is 1. The number of esters is 1. The molecule has 0 bridgehead atoms. The number of carbonyl (C=O) groups is 3. The molecule has 0 aliphatic carbocycles. The van der Waals surface area contributed by atoms with Gasteiger partial charge in [-0.1, -0.05) is 36.4 Å². The van der Waals surface area contributed by atoms with Crippen LogP contribution in [-0.4, -0.2) is 44.7 Å². The van der Waals surface area contributed by atoms with Gasteiger partial charge < -0.3 is 9.30 Å². The minimum atomic E-state index is -0.651. The summed E-state index contributed by atoms with van der Waals surface area (Å²) < 4.78 is 6.70. The molecule has 0 saturated carbocycles. The molecular weight excluding hydrogens is 446 g/mol. The van der Waals surface area contributed by atoms with Crippen LogP contribution in [0.15, 0.2) is 59.6 Å². The zero-order valence-electron chi connectivity index (χ0n) is 17.6. The molecule has 1 aromatic heterocycles. The van der Waals surface area contributed by atoms with Crippen LogP contribution in [0.25, 0.3) is 17.0 Å². The number of thioether (sulfide) groups is 1. The number of ether oxygens (including phenoxy) is 1. The van der Waals surface area contributed by atoms with Gasteiger partial charge in [0.15, 0.2) is 0 Å². The van der Waals surface area contributed by atoms with Gasteiger partial charge in [-0.15, -0.1) is 0 Å². The maximum Gasteiger partial charge on any atom is 0.326 e. The van der Waals surface area contributed by atoms with Crippen molar-refractivity contribution in [1.29, 1.82) is 0 Å². The minimum Gasteiger partial charge on any atom is -0.465 e. The van der Waals surface area contributed by atoms with E-state index in [4.69, 9.17) is 4.74 Å². The number of nitro benzene ring substituents is 1. The zero-order valence-corrected chi connectivity index (χ0v) is 18.4. The second-order valence-electron chi connectivity index (χ2n) is 7.19. The van der Waals surface area contributed by atoms with Crippen molar-refractivity contribution in [1.82, 2.24) is 9.47 Å². The number of imide groups is 1. The van der Waals surface area contributed by atoms with Crippen molar-refractivity contribution in [3.05, 3.63) is 80.9 Å². The normalized spacial score (nSPS) is 14.9. The number of aromatic nitrogens is 1. The van der Waals surface area contributed by atoms with Gasteiger partial charge in [-0.2, -0.15) is 0 Å². The van der Waals surface area contributed by atoms with Crippen molar-refractivity contribution in [2.24, 2.45) is 0 Å². The summed E-state index contributed by atoms with van der Waals surface area (Å²) in [5, 5.41) is 11.7. The molecule has 0 atom stereocenters. The second-order valence-corrected chi connectivity index (χ2v) is 8.18. The third-order valence-corrected chi connectivity index (χ3v) is 6.01. The molecule has 1 fully saturated rings. The second kappa shape index (κ2) is 9.29. The maximum atomic E-state index is 12.7. The standard InChI is InChI=1S/C23H19N3O6S/c1-2-32-21(27)14-25-22(28)20(33-23(25)29)11-16-13-24(19-10-6-4-8-17(16)19)12-15-7-3-5-9-18(15)26(30)31/h3-11,13H,2,12,14H2,1H3/b20-11-. The van der Waals surface area contributed by atoms with Crippen LogP contribution in [0.2, 0.25) is 0 Å². The molecule has 4 rings (SSSR count). The Kier molecular flexibility index (Phi) is 6.27. The van der Waals surface area contributed by atoms with Crippen LogP contribution in [0.3, 0.4) is 0 Å². The summed E-state index contributed by atoms with van der Waals surface area (Å²) in [5.41, 5.74) is 2.08. The zero-order chi connectivity index (χ0) is 23.5. The fourth-order valence-corrected chi connectivity index (χ4v) is 4.47. The Balaban J connectivity index is 1.68. The first-order valence-corrected chi connectivity index (χ1v) is 10.9. The van der Waals surface area contributed by atoms with Crippen LogP contribution < -0.4 is 0 Å². The number of hydrogen-bond donors (Lipinski definition) is 0. The Hall–Kier alpha value is -3.92. The number of nitrogens with zero attached hydrogens (tertiary/aromatic N) is 3. The largest absolute Gasteiger partial charge is 0.465 e. The molecule has 33 heavy (non-hydrogen) atoms. The minimum absolute atomic E-state index is 0.0249. The molecule has 10 heteroatoms. The SMILES string of the molecule is CCOC(=O)CN1C(=O)S/C(=C\c2cn(Cc3ccccc3[N+](=O)[O-])c3ccccc23)C1=O. The lowest BCUT2D eigenvalue weighted by Crippen LogP contribution is -2.34. The van der Waals surface area contributed by atoms with E-state index in [1.54, 1.807) is 37.4 Å². The van der Waals surface area contributed by atoms with E-state index in [9.17, 15) is 24.5 Å². The van der Waals surface area contributed by atoms with Crippen LogP contribution in [0.1, 0.15) is 18.1 Å². The van der Waals surface area contributed by atoms with Crippen molar-refractivity contribution < 1.29 is 24.0 Å². The Morgan fingerprint density at radius 1 is 1.15 bits per heavy atom. The highest BCUT2D eigenvalue weighted by atomic mass is 32.2. The molecule has 1 saturated heterocycles. The highest BCUT2D eigenvalue weighted by Gasteiger charge is 2.36. The van der Waals surface area contributed by atoms with E-state index in [-0.39, 0.29) is 23.7 Å². The van der Waals surface area contributed by atoms with Crippen molar-refractivity contribution in [2.75, 3.05) is 13.2 Å². The smallest absolute Gasteiger partial charge is 0.326 e. The highest BCUT2D eigenvalue weighted by molar-refractivity contribution is 8.18. The van der Waals surface area contributed by atoms with Gasteiger partial charge in [0.2, 0.25) is 0 Å². The summed E-state index contributed by atoms with van der Waals surface area (Å²) in [4.78, 5) is 48.8. The first-order chi connectivity index (χ1) is 15.9. The molecule has 168 valence electrons. The van der Waals surface area contributed by atoms with Crippen molar-refractivity contribution >= 4 is 51.5 Å². The molecule has 1 aliphatic rings. The van der Waals surface area contributed by atoms with E-state index in [1.807, 2.05) is 28.8 Å². The van der Waals surface area contributed by atoms with Crippen molar-refractivity contribution in [3.8, 4) is 0 Å². The third kappa shape index (κ3) is 4.51. The number of amides is 2. The van der Waals surface area contributed by atoms with E-state index in [1.165, 1.54) is 6.07 Å². The average Bonchev–Trinajstić information content (AvgIpc) is 3.26. The fourth-order valence-electron chi connectivity index (χ4n) is 3.64. The third-order valence-electron chi connectivity index (χ3n) is 5.10. The molecule has 0 radical (unpaired) electrons. The lowest BCUT2D eigenvalue weighted by atomic mass is 10.1. The van der Waals surface area contributed by atoms with E-state index in [0.717, 1.165) is 27.6 Å². The molecule has 0 N–H and O–H groups in total. The summed E-state index contributed by atoms with van der Waals surface area (Å²) >= 11 is 0.757. The van der Waals surface area contributed by atoms with Gasteiger partial charge in [0.25, 0.3) is 16.8 Å². The average molecular weight is 465 g/mol. The Morgan fingerprint density at radius 2 is 1.88 bits per heavy atom. The van der Waals surface area contributed by atoms with Gasteiger partial charge in [-0.25, -0.2) is 0 Å². The van der Waals surface area contributed by atoms with Gasteiger partial charge in [0.05, 0.1) is 23.0 Å². The molecule has 2 amide bonds. The summed E-state index contributed by atoms with van der Waals surface area (Å²) in [6.07, 6.45) is 3.40. The summed E-state index contributed by atoms with van der Waals surface area (Å²) in [6, 6.07) is 14.0. The van der Waals surface area contributed by atoms with Crippen LogP contribution >= 0.6 is 11.8 Å². The fraction of sp³-hybridized carbons (Fsp3) is 0.174. The van der Waals surface area contributed by atoms with Crippen LogP contribution in [0, 0.1) is 10.1 Å². The van der Waals surface area contributed by atoms with E-state index in [2.05, 4.69) is 0 Å². The number of hydrogen-bond acceptors (Lipinski definition) is 7. The number of para-hydroxylation sites is 2. The summed E-state index contributed by atoms with van der Waals surface area (Å²) in [7, 11) is 0. The first-order valence-electron chi connectivity index (χ1n) is 10.1. The van der Waals surface area contributed by atoms with Crippen molar-refractivity contribution in [2.45, 2.75) is 13.5 Å². The number of rotatable bonds is 7. The van der Waals surface area contributed by atoms with Gasteiger partial charge in [-0.3, -0.25) is 29.4 Å². The van der Waals surface area contributed by atoms with E-state index < -0.39 is 28.6 Å². The lowest BCUT2D eigenvalue weighted by molar-refractivity contribution is -0.385. The van der Waals surface area contributed by atoms with Crippen LogP contribution in [0.5, 0.6) is 0 Å². The monoisotopic (exact) mass is 465 g/mol. The lowest BCUT2D eigenvalue weighted by Gasteiger charge is -2.10. The van der Waals surface area contributed by atoms with E-state index in [0.29, 0.717) is 11.1 Å². The van der Waals surface area contributed by atoms with Gasteiger partial charge in [-0.05, 0) is 30.8 Å². The van der Waals surface area contributed by atoms with Crippen LogP contribution in [-0.2, 0) is 20.9 Å². The van der Waals surface area contributed by atoms with E-state index >= 15 is 0 Å². The topological polar surface area (TPSA) is 112 Å². The summed E-state index contributed by atoms with van der Waals surface area (Å²) in [6.45, 7) is 1.63. The number of benzene rings is 2. The number of fused-ring (bicyclic) bond motifs is 1. The van der Waals surface area contributed by atoms with Gasteiger partial charge in [0, 0.05) is 34.3 Å². The van der Waals surface area contributed by atoms with Gasteiger partial charge in [0.1, 0.15) is 6.54 Å². The molecule has 0 spiro atoms. The molecule has 9 nitrogen and oxygen atoms in total. The Bertz CT molecular complexity index is 1310. The predicted octanol–water partition coefficient (Wildman–Crippen LogP) is 4.20. The van der Waals surface area contributed by atoms with Crippen LogP contribution in [0.4, 0.5) is 10.5 Å². The maximum absolute atomic E-state index is 12.7. The molecule has 2 heterocycles. The number of carbonyl (C=O) groups excluding carboxylic acids is 3. The first kappa shape index (κ1) is 22.3. The molecular formula is C23H19N3O6S. The Morgan fingerprint density at radius 3 is 2.64 bits per heavy atom. The predicted molar refractivity (Wildman–Crippen MR) is 123 cm³/mol. The summed E-state index contributed by atoms with van der Waals surface area (Å²) in [5.74, 6) is -1.21. The Labute approximate surface area is 192 Å².